The Balaban J connectivity index is 2.10. The van der Waals surface area contributed by atoms with Crippen molar-refractivity contribution in [3.63, 3.8) is 0 Å². The smallest absolute Gasteiger partial charge is 0.160 e. The predicted octanol–water partition coefficient (Wildman–Crippen LogP) is 3.84. The molecular weight excluding hydrogens is 270 g/mol. The van der Waals surface area contributed by atoms with Crippen LogP contribution in [-0.4, -0.2) is 14.5 Å². The number of rotatable bonds is 3. The molecule has 0 aliphatic carbocycles. The van der Waals surface area contributed by atoms with Gasteiger partial charge in [0.05, 0.1) is 12.4 Å². The average molecular weight is 286 g/mol. The minimum absolute atomic E-state index is 0.391. The summed E-state index contributed by atoms with van der Waals surface area (Å²) in [5.74, 6) is 1.26. The first kappa shape index (κ1) is 13.1. The predicted molar refractivity (Wildman–Crippen MR) is 82.1 cm³/mol. The lowest BCUT2D eigenvalue weighted by molar-refractivity contribution is 0.770. The highest BCUT2D eigenvalue weighted by Crippen LogP contribution is 2.20. The zero-order valence-electron chi connectivity index (χ0n) is 11.6. The number of nitrogens with zero attached hydrogens (tertiary/aromatic N) is 3. The van der Waals surface area contributed by atoms with Crippen LogP contribution in [0.4, 0.5) is 0 Å². The molecule has 2 heterocycles. The quantitative estimate of drug-likeness (QED) is 0.685. The number of alkyl halides is 1. The Bertz CT molecular complexity index is 744. The van der Waals surface area contributed by atoms with Gasteiger partial charge in [-0.2, -0.15) is 0 Å². The molecule has 0 atom stereocenters. The standard InChI is InChI=1S/C16H16ClN3/c1-11-3-5-13(6-4-11)10-20-14(9-17)19-15-12(2)7-8-18-16(15)20/h3-8H,9-10H2,1-2H3. The molecular formula is C16H16ClN3. The van der Waals surface area contributed by atoms with Crippen molar-refractivity contribution in [2.75, 3.05) is 0 Å². The summed E-state index contributed by atoms with van der Waals surface area (Å²) in [6.45, 7) is 4.88. The first-order valence-electron chi connectivity index (χ1n) is 6.61. The maximum atomic E-state index is 6.04. The number of halogens is 1. The summed E-state index contributed by atoms with van der Waals surface area (Å²) in [5.41, 5.74) is 5.46. The van der Waals surface area contributed by atoms with Crippen LogP contribution in [0.15, 0.2) is 36.5 Å². The molecule has 4 heteroatoms. The zero-order valence-corrected chi connectivity index (χ0v) is 12.4. The second kappa shape index (κ2) is 5.25. The molecule has 3 rings (SSSR count). The van der Waals surface area contributed by atoms with E-state index in [0.717, 1.165) is 29.1 Å². The van der Waals surface area contributed by atoms with Gasteiger partial charge in [-0.3, -0.25) is 0 Å². The Hall–Kier alpha value is -1.87. The Morgan fingerprint density at radius 3 is 2.55 bits per heavy atom. The normalized spacial score (nSPS) is 11.2. The van der Waals surface area contributed by atoms with Gasteiger partial charge < -0.3 is 4.57 Å². The first-order valence-corrected chi connectivity index (χ1v) is 7.14. The highest BCUT2D eigenvalue weighted by atomic mass is 35.5. The highest BCUT2D eigenvalue weighted by Gasteiger charge is 2.12. The van der Waals surface area contributed by atoms with Gasteiger partial charge in [-0.05, 0) is 31.0 Å². The topological polar surface area (TPSA) is 30.7 Å². The van der Waals surface area contributed by atoms with E-state index in [0.29, 0.717) is 5.88 Å². The number of fused-ring (bicyclic) bond motifs is 1. The molecule has 3 nitrogen and oxygen atoms in total. The molecule has 0 aliphatic heterocycles. The van der Waals surface area contributed by atoms with Crippen molar-refractivity contribution in [2.45, 2.75) is 26.3 Å². The number of hydrogen-bond donors (Lipinski definition) is 0. The summed E-state index contributed by atoms with van der Waals surface area (Å²) >= 11 is 6.04. The highest BCUT2D eigenvalue weighted by molar-refractivity contribution is 6.16. The molecule has 3 aromatic rings. The monoisotopic (exact) mass is 285 g/mol. The summed E-state index contributed by atoms with van der Waals surface area (Å²) in [6, 6.07) is 10.5. The Labute approximate surface area is 123 Å². The molecule has 0 aliphatic rings. The number of aromatic nitrogens is 3. The Morgan fingerprint density at radius 2 is 1.85 bits per heavy atom. The molecule has 0 N–H and O–H groups in total. The number of pyridine rings is 1. The van der Waals surface area contributed by atoms with E-state index in [2.05, 4.69) is 45.7 Å². The summed E-state index contributed by atoms with van der Waals surface area (Å²) < 4.78 is 2.10. The molecule has 0 saturated heterocycles. The Kier molecular flexibility index (Phi) is 3.45. The summed E-state index contributed by atoms with van der Waals surface area (Å²) in [6.07, 6.45) is 1.82. The molecule has 0 saturated carbocycles. The maximum absolute atomic E-state index is 6.04. The third-order valence-corrected chi connectivity index (χ3v) is 3.73. The third-order valence-electron chi connectivity index (χ3n) is 3.50. The fraction of sp³-hybridized carbons (Fsp3) is 0.250. The van der Waals surface area contributed by atoms with Crippen LogP contribution >= 0.6 is 11.6 Å². The lowest BCUT2D eigenvalue weighted by Gasteiger charge is -2.07. The van der Waals surface area contributed by atoms with E-state index in [-0.39, 0.29) is 0 Å². The summed E-state index contributed by atoms with van der Waals surface area (Å²) in [7, 11) is 0. The van der Waals surface area contributed by atoms with Crippen molar-refractivity contribution in [1.82, 2.24) is 14.5 Å². The third kappa shape index (κ3) is 2.29. The molecule has 20 heavy (non-hydrogen) atoms. The van der Waals surface area contributed by atoms with Gasteiger partial charge in [0, 0.05) is 6.20 Å². The lowest BCUT2D eigenvalue weighted by Crippen LogP contribution is -2.04. The lowest BCUT2D eigenvalue weighted by atomic mass is 10.1. The zero-order chi connectivity index (χ0) is 14.1. The van der Waals surface area contributed by atoms with Gasteiger partial charge in [0.25, 0.3) is 0 Å². The van der Waals surface area contributed by atoms with Crippen LogP contribution in [0.2, 0.25) is 0 Å². The van der Waals surface area contributed by atoms with Gasteiger partial charge in [0.2, 0.25) is 0 Å². The van der Waals surface area contributed by atoms with E-state index >= 15 is 0 Å². The van der Waals surface area contributed by atoms with Crippen LogP contribution in [0.25, 0.3) is 11.2 Å². The minimum Gasteiger partial charge on any atom is -0.307 e. The Morgan fingerprint density at radius 1 is 1.10 bits per heavy atom. The maximum Gasteiger partial charge on any atom is 0.160 e. The van der Waals surface area contributed by atoms with Crippen molar-refractivity contribution in [3.8, 4) is 0 Å². The fourth-order valence-electron chi connectivity index (χ4n) is 2.33. The van der Waals surface area contributed by atoms with Crippen LogP contribution in [0.3, 0.4) is 0 Å². The largest absolute Gasteiger partial charge is 0.307 e. The molecule has 0 unspecified atom stereocenters. The molecule has 0 radical (unpaired) electrons. The van der Waals surface area contributed by atoms with E-state index in [1.165, 1.54) is 11.1 Å². The SMILES string of the molecule is Cc1ccc(Cn2c(CCl)nc3c(C)ccnc32)cc1. The van der Waals surface area contributed by atoms with Gasteiger partial charge >= 0.3 is 0 Å². The van der Waals surface area contributed by atoms with Crippen molar-refractivity contribution in [2.24, 2.45) is 0 Å². The van der Waals surface area contributed by atoms with E-state index in [9.17, 15) is 0 Å². The van der Waals surface area contributed by atoms with Gasteiger partial charge in [0.15, 0.2) is 5.65 Å². The summed E-state index contributed by atoms with van der Waals surface area (Å²) in [5, 5.41) is 0. The van der Waals surface area contributed by atoms with E-state index in [1.54, 1.807) is 0 Å². The number of benzene rings is 1. The second-order valence-electron chi connectivity index (χ2n) is 5.03. The fourth-order valence-corrected chi connectivity index (χ4v) is 2.53. The van der Waals surface area contributed by atoms with Gasteiger partial charge in [0.1, 0.15) is 11.3 Å². The van der Waals surface area contributed by atoms with Gasteiger partial charge in [-0.1, -0.05) is 29.8 Å². The average Bonchev–Trinajstić information content (AvgIpc) is 2.81. The van der Waals surface area contributed by atoms with E-state index < -0.39 is 0 Å². The molecule has 0 spiro atoms. The van der Waals surface area contributed by atoms with Crippen molar-refractivity contribution < 1.29 is 0 Å². The summed E-state index contributed by atoms with van der Waals surface area (Å²) in [4.78, 5) is 9.08. The molecule has 0 fully saturated rings. The second-order valence-corrected chi connectivity index (χ2v) is 5.30. The van der Waals surface area contributed by atoms with Crippen LogP contribution in [-0.2, 0) is 12.4 Å². The number of imidazole rings is 1. The molecule has 0 bridgehead atoms. The number of aryl methyl sites for hydroxylation is 2. The van der Waals surface area contributed by atoms with Crippen LogP contribution in [0.1, 0.15) is 22.5 Å². The van der Waals surface area contributed by atoms with Crippen LogP contribution in [0.5, 0.6) is 0 Å². The minimum atomic E-state index is 0.391. The van der Waals surface area contributed by atoms with E-state index in [4.69, 9.17) is 11.6 Å². The van der Waals surface area contributed by atoms with Crippen molar-refractivity contribution in [1.29, 1.82) is 0 Å². The van der Waals surface area contributed by atoms with Crippen molar-refractivity contribution >= 4 is 22.8 Å². The van der Waals surface area contributed by atoms with Crippen LogP contribution < -0.4 is 0 Å². The van der Waals surface area contributed by atoms with Gasteiger partial charge in [-0.25, -0.2) is 9.97 Å². The molecule has 2 aromatic heterocycles. The van der Waals surface area contributed by atoms with Crippen LogP contribution in [0, 0.1) is 13.8 Å². The van der Waals surface area contributed by atoms with Crippen molar-refractivity contribution in [3.05, 3.63) is 59.0 Å². The molecule has 1 aromatic carbocycles. The first-order chi connectivity index (χ1) is 9.69. The van der Waals surface area contributed by atoms with E-state index in [1.807, 2.05) is 19.2 Å². The molecule has 102 valence electrons. The molecule has 0 amide bonds. The number of hydrogen-bond acceptors (Lipinski definition) is 2. The van der Waals surface area contributed by atoms with Gasteiger partial charge in [-0.15, -0.1) is 11.6 Å².